The van der Waals surface area contributed by atoms with Crippen LogP contribution in [0.25, 0.3) is 11.3 Å². The van der Waals surface area contributed by atoms with Crippen molar-refractivity contribution in [1.82, 2.24) is 4.57 Å². The summed E-state index contributed by atoms with van der Waals surface area (Å²) in [6, 6.07) is 20.7. The number of nitrogens with zero attached hydrogens (tertiary/aromatic N) is 2. The van der Waals surface area contributed by atoms with Crippen LogP contribution in [0.2, 0.25) is 0 Å². The molecule has 1 saturated carbocycles. The number of sulfonamides is 1. The highest BCUT2D eigenvalue weighted by atomic mass is 32.2. The highest BCUT2D eigenvalue weighted by Gasteiger charge is 2.22. The molecule has 190 valence electrons. The molecule has 0 aliphatic heterocycles. The number of carbonyl (C=O) groups is 1. The topological polar surface area (TPSA) is 77.7 Å². The Balaban J connectivity index is 1.49. The smallest absolute Gasteiger partial charge is 0.343 e. The van der Waals surface area contributed by atoms with Crippen molar-refractivity contribution in [2.75, 3.05) is 0 Å². The first-order valence-electron chi connectivity index (χ1n) is 12.0. The van der Waals surface area contributed by atoms with Gasteiger partial charge in [-0.3, -0.25) is 0 Å². The van der Waals surface area contributed by atoms with E-state index < -0.39 is 21.8 Å². The number of thiazole rings is 1. The fourth-order valence-electron chi connectivity index (χ4n) is 4.49. The molecule has 1 aromatic heterocycles. The van der Waals surface area contributed by atoms with E-state index in [1.165, 1.54) is 23.5 Å². The van der Waals surface area contributed by atoms with Gasteiger partial charge in [0.25, 0.3) is 10.0 Å². The first kappa shape index (κ1) is 25.1. The minimum Gasteiger partial charge on any atom is -0.423 e. The molecule has 0 amide bonds. The molecule has 0 saturated heterocycles. The van der Waals surface area contributed by atoms with Crippen molar-refractivity contribution in [3.8, 4) is 17.0 Å². The molecule has 37 heavy (non-hydrogen) atoms. The second-order valence-electron chi connectivity index (χ2n) is 8.87. The molecule has 0 bridgehead atoms. The van der Waals surface area contributed by atoms with Gasteiger partial charge in [0.05, 0.1) is 16.2 Å². The molecule has 1 heterocycles. The van der Waals surface area contributed by atoms with E-state index >= 15 is 0 Å². The van der Waals surface area contributed by atoms with Crippen LogP contribution < -0.4 is 9.54 Å². The molecule has 9 heteroatoms. The second kappa shape index (κ2) is 10.8. The van der Waals surface area contributed by atoms with Crippen LogP contribution in [-0.2, 0) is 10.0 Å². The Kier molecular flexibility index (Phi) is 7.34. The number of aromatic nitrogens is 1. The summed E-state index contributed by atoms with van der Waals surface area (Å²) in [6.45, 7) is 0. The molecule has 0 atom stereocenters. The van der Waals surface area contributed by atoms with Crippen molar-refractivity contribution in [1.29, 1.82) is 0 Å². The molecule has 4 aromatic rings. The van der Waals surface area contributed by atoms with Crippen LogP contribution in [0.1, 0.15) is 48.5 Å². The van der Waals surface area contributed by atoms with E-state index in [2.05, 4.69) is 4.40 Å². The monoisotopic (exact) mass is 536 g/mol. The first-order chi connectivity index (χ1) is 17.9. The lowest BCUT2D eigenvalue weighted by Crippen LogP contribution is -2.25. The third-order valence-corrected chi connectivity index (χ3v) is 8.60. The maximum absolute atomic E-state index is 13.3. The van der Waals surface area contributed by atoms with E-state index in [-0.39, 0.29) is 10.9 Å². The predicted molar refractivity (Wildman–Crippen MR) is 140 cm³/mol. The lowest BCUT2D eigenvalue weighted by Gasteiger charge is -2.25. The number of esters is 1. The SMILES string of the molecule is O=C(Oc1ccc(-c2cs/c(=N/S(=O)(=O)c3ccc(F)cc3)n2C2CCCCC2)cc1)c1ccccc1. The van der Waals surface area contributed by atoms with Gasteiger partial charge in [-0.05, 0) is 79.1 Å². The van der Waals surface area contributed by atoms with E-state index in [1.54, 1.807) is 36.4 Å². The number of ether oxygens (including phenoxy) is 1. The zero-order chi connectivity index (χ0) is 25.8. The summed E-state index contributed by atoms with van der Waals surface area (Å²) in [6.07, 6.45) is 5.13. The molecule has 1 aliphatic carbocycles. The summed E-state index contributed by atoms with van der Waals surface area (Å²) in [5.74, 6) is -0.526. The van der Waals surface area contributed by atoms with Gasteiger partial charge in [-0.2, -0.15) is 8.42 Å². The Morgan fingerprint density at radius 1 is 0.919 bits per heavy atom. The van der Waals surface area contributed by atoms with Gasteiger partial charge in [-0.25, -0.2) is 9.18 Å². The van der Waals surface area contributed by atoms with Crippen LogP contribution in [0.5, 0.6) is 5.75 Å². The van der Waals surface area contributed by atoms with Crippen LogP contribution in [-0.4, -0.2) is 19.0 Å². The van der Waals surface area contributed by atoms with Crippen molar-refractivity contribution in [2.24, 2.45) is 4.40 Å². The quantitative estimate of drug-likeness (QED) is 0.212. The summed E-state index contributed by atoms with van der Waals surface area (Å²) in [5.41, 5.74) is 2.18. The van der Waals surface area contributed by atoms with Crippen LogP contribution >= 0.6 is 11.3 Å². The Labute approximate surface area is 218 Å². The molecule has 1 fully saturated rings. The number of carbonyl (C=O) groups excluding carboxylic acids is 1. The first-order valence-corrected chi connectivity index (χ1v) is 14.4. The van der Waals surface area contributed by atoms with Gasteiger partial charge in [-0.15, -0.1) is 15.7 Å². The predicted octanol–water partition coefficient (Wildman–Crippen LogP) is 6.37. The zero-order valence-electron chi connectivity index (χ0n) is 19.9. The molecular weight excluding hydrogens is 511 g/mol. The number of halogens is 1. The van der Waals surface area contributed by atoms with Gasteiger partial charge in [0.1, 0.15) is 11.6 Å². The van der Waals surface area contributed by atoms with E-state index in [0.717, 1.165) is 55.5 Å². The average molecular weight is 537 g/mol. The number of hydrogen-bond donors (Lipinski definition) is 0. The lowest BCUT2D eigenvalue weighted by atomic mass is 9.95. The molecule has 3 aromatic carbocycles. The second-order valence-corrected chi connectivity index (χ2v) is 11.3. The van der Waals surface area contributed by atoms with Crippen LogP contribution in [0, 0.1) is 5.82 Å². The van der Waals surface area contributed by atoms with Crippen molar-refractivity contribution < 1.29 is 22.3 Å². The fraction of sp³-hybridized carbons (Fsp3) is 0.214. The van der Waals surface area contributed by atoms with Gasteiger partial charge in [0, 0.05) is 11.4 Å². The number of rotatable bonds is 6. The molecule has 1 aliphatic rings. The fourth-order valence-corrected chi connectivity index (χ4v) is 6.66. The molecule has 5 rings (SSSR count). The molecular formula is C28H25FN2O4S2. The summed E-state index contributed by atoms with van der Waals surface area (Å²) in [5, 5.41) is 1.90. The minimum atomic E-state index is -4.02. The van der Waals surface area contributed by atoms with E-state index in [0.29, 0.717) is 16.1 Å². The summed E-state index contributed by atoms with van der Waals surface area (Å²) >= 11 is 1.26. The van der Waals surface area contributed by atoms with Crippen LogP contribution in [0.15, 0.2) is 93.5 Å². The molecule has 6 nitrogen and oxygen atoms in total. The van der Waals surface area contributed by atoms with E-state index in [4.69, 9.17) is 4.74 Å². The highest BCUT2D eigenvalue weighted by Crippen LogP contribution is 2.33. The largest absolute Gasteiger partial charge is 0.423 e. The van der Waals surface area contributed by atoms with E-state index in [1.807, 2.05) is 28.1 Å². The summed E-state index contributed by atoms with van der Waals surface area (Å²) in [7, 11) is -4.02. The van der Waals surface area contributed by atoms with Crippen molar-refractivity contribution in [2.45, 2.75) is 43.0 Å². The van der Waals surface area contributed by atoms with Crippen molar-refractivity contribution in [3.63, 3.8) is 0 Å². The Morgan fingerprint density at radius 2 is 1.59 bits per heavy atom. The Bertz CT molecular complexity index is 1550. The standard InChI is InChI=1S/C28H25FN2O4S2/c29-22-13-17-25(18-14-22)37(33,34)30-28-31(23-9-5-2-6-10-23)26(19-36-28)20-11-15-24(16-12-20)35-27(32)21-7-3-1-4-8-21/h1,3-4,7-8,11-19,23H,2,5-6,9-10H2/b30-28+. The third-order valence-electron chi connectivity index (χ3n) is 6.36. The summed E-state index contributed by atoms with van der Waals surface area (Å²) in [4.78, 5) is 12.7. The number of hydrogen-bond acceptors (Lipinski definition) is 5. The highest BCUT2D eigenvalue weighted by molar-refractivity contribution is 7.90. The molecule has 0 spiro atoms. The Morgan fingerprint density at radius 3 is 2.27 bits per heavy atom. The van der Waals surface area contributed by atoms with Gasteiger partial charge >= 0.3 is 5.97 Å². The minimum absolute atomic E-state index is 0.0522. The van der Waals surface area contributed by atoms with Gasteiger partial charge in [0.15, 0.2) is 0 Å². The Hall–Kier alpha value is -3.56. The maximum atomic E-state index is 13.3. The average Bonchev–Trinajstić information content (AvgIpc) is 3.33. The molecule has 0 unspecified atom stereocenters. The van der Waals surface area contributed by atoms with Crippen LogP contribution in [0.3, 0.4) is 0 Å². The van der Waals surface area contributed by atoms with Crippen molar-refractivity contribution >= 4 is 27.3 Å². The zero-order valence-corrected chi connectivity index (χ0v) is 21.6. The summed E-state index contributed by atoms with van der Waals surface area (Å²) < 4.78 is 51.0. The van der Waals surface area contributed by atoms with Gasteiger partial charge in [0.2, 0.25) is 4.80 Å². The van der Waals surface area contributed by atoms with Gasteiger partial charge < -0.3 is 9.30 Å². The number of benzene rings is 3. The van der Waals surface area contributed by atoms with Crippen LogP contribution in [0.4, 0.5) is 4.39 Å². The third kappa shape index (κ3) is 5.73. The lowest BCUT2D eigenvalue weighted by molar-refractivity contribution is 0.0734. The van der Waals surface area contributed by atoms with Gasteiger partial charge in [-0.1, -0.05) is 37.5 Å². The molecule has 0 N–H and O–H groups in total. The van der Waals surface area contributed by atoms with Crippen molar-refractivity contribution in [3.05, 3.63) is 100 Å². The van der Waals surface area contributed by atoms with E-state index in [9.17, 15) is 17.6 Å². The maximum Gasteiger partial charge on any atom is 0.343 e. The normalized spacial score (nSPS) is 15.0. The molecule has 0 radical (unpaired) electrons.